The van der Waals surface area contributed by atoms with Gasteiger partial charge in [-0.15, -0.1) is 11.3 Å². The molecule has 0 radical (unpaired) electrons. The molecule has 23 heavy (non-hydrogen) atoms. The Morgan fingerprint density at radius 1 is 1.35 bits per heavy atom. The number of nitrogens with zero attached hydrogens (tertiary/aromatic N) is 2. The van der Waals surface area contributed by atoms with Gasteiger partial charge < -0.3 is 10.1 Å². The van der Waals surface area contributed by atoms with Crippen LogP contribution < -0.4 is 5.32 Å². The van der Waals surface area contributed by atoms with Gasteiger partial charge in [0.1, 0.15) is 0 Å². The molecule has 0 bridgehead atoms. The largest absolute Gasteiger partial charge is 0.373 e. The van der Waals surface area contributed by atoms with Gasteiger partial charge in [-0.05, 0) is 37.3 Å². The van der Waals surface area contributed by atoms with Gasteiger partial charge in [-0.25, -0.2) is 0 Å². The van der Waals surface area contributed by atoms with Gasteiger partial charge in [0.05, 0.1) is 18.8 Å². The van der Waals surface area contributed by atoms with E-state index in [-0.39, 0.29) is 18.1 Å². The van der Waals surface area contributed by atoms with E-state index >= 15 is 0 Å². The number of amides is 1. The highest BCUT2D eigenvalue weighted by atomic mass is 32.1. The molecule has 2 aliphatic heterocycles. The van der Waals surface area contributed by atoms with E-state index in [1.807, 2.05) is 11.3 Å². The molecule has 5 nitrogen and oxygen atoms in total. The molecule has 2 atom stereocenters. The van der Waals surface area contributed by atoms with Gasteiger partial charge in [-0.3, -0.25) is 14.6 Å². The number of hydrogen-bond donors (Lipinski definition) is 1. The highest BCUT2D eigenvalue weighted by molar-refractivity contribution is 7.10. The van der Waals surface area contributed by atoms with E-state index in [1.165, 1.54) is 10.4 Å². The van der Waals surface area contributed by atoms with Gasteiger partial charge in [0.25, 0.3) is 0 Å². The molecular weight excluding hydrogens is 310 g/mol. The highest BCUT2D eigenvalue weighted by Gasteiger charge is 2.22. The lowest BCUT2D eigenvalue weighted by atomic mass is 10.1. The van der Waals surface area contributed by atoms with Gasteiger partial charge in [0.2, 0.25) is 5.91 Å². The van der Waals surface area contributed by atoms with Crippen LogP contribution in [0.3, 0.4) is 0 Å². The van der Waals surface area contributed by atoms with E-state index in [1.54, 1.807) is 0 Å². The maximum Gasteiger partial charge on any atom is 0.234 e. The summed E-state index contributed by atoms with van der Waals surface area (Å²) >= 11 is 1.83. The highest BCUT2D eigenvalue weighted by Crippen LogP contribution is 2.23. The molecule has 3 rings (SSSR count). The zero-order valence-electron chi connectivity index (χ0n) is 14.1. The van der Waals surface area contributed by atoms with Crippen molar-refractivity contribution in [3.05, 3.63) is 21.9 Å². The quantitative estimate of drug-likeness (QED) is 0.880. The van der Waals surface area contributed by atoms with Gasteiger partial charge in [-0.2, -0.15) is 0 Å². The van der Waals surface area contributed by atoms with E-state index < -0.39 is 0 Å². The van der Waals surface area contributed by atoms with Gasteiger partial charge >= 0.3 is 0 Å². The number of hydrogen-bond acceptors (Lipinski definition) is 5. The SMILES string of the molecule is C[C@@H]1CN(CCNC(=O)CN2CCc3sccc3C2)C[C@@H](C)O1. The molecule has 0 aliphatic carbocycles. The van der Waals surface area contributed by atoms with E-state index in [2.05, 4.69) is 40.4 Å². The average Bonchev–Trinajstić information content (AvgIpc) is 2.93. The van der Waals surface area contributed by atoms with E-state index in [9.17, 15) is 4.79 Å². The van der Waals surface area contributed by atoms with Crippen LogP contribution in [0.25, 0.3) is 0 Å². The van der Waals surface area contributed by atoms with Crippen molar-refractivity contribution in [2.24, 2.45) is 0 Å². The van der Waals surface area contributed by atoms with Crippen LogP contribution in [0.5, 0.6) is 0 Å². The Morgan fingerprint density at radius 3 is 2.91 bits per heavy atom. The Hall–Kier alpha value is -0.950. The zero-order chi connectivity index (χ0) is 16.2. The smallest absolute Gasteiger partial charge is 0.234 e. The van der Waals surface area contributed by atoms with Crippen LogP contribution in [0.15, 0.2) is 11.4 Å². The van der Waals surface area contributed by atoms with Crippen LogP contribution in [0, 0.1) is 0 Å². The molecule has 1 fully saturated rings. The minimum Gasteiger partial charge on any atom is -0.373 e. The molecule has 0 spiro atoms. The standard InChI is InChI=1S/C17H27N3O2S/c1-13-9-20(10-14(2)22-13)7-5-18-17(21)12-19-6-3-16-15(11-19)4-8-23-16/h4,8,13-14H,3,5-7,9-12H2,1-2H3,(H,18,21)/t13-,14-/m1/s1. The lowest BCUT2D eigenvalue weighted by Crippen LogP contribution is -2.48. The summed E-state index contributed by atoms with van der Waals surface area (Å²) in [5.41, 5.74) is 1.39. The zero-order valence-corrected chi connectivity index (χ0v) is 14.9. The van der Waals surface area contributed by atoms with Crippen molar-refractivity contribution < 1.29 is 9.53 Å². The molecule has 1 aromatic heterocycles. The maximum absolute atomic E-state index is 12.1. The monoisotopic (exact) mass is 337 g/mol. The van der Waals surface area contributed by atoms with Crippen LogP contribution >= 0.6 is 11.3 Å². The van der Waals surface area contributed by atoms with Crippen molar-refractivity contribution in [1.29, 1.82) is 0 Å². The van der Waals surface area contributed by atoms with Crippen LogP contribution in [0.2, 0.25) is 0 Å². The molecule has 1 aromatic rings. The normalized spacial score (nSPS) is 26.0. The molecule has 1 N–H and O–H groups in total. The molecule has 0 saturated carbocycles. The number of rotatable bonds is 5. The van der Waals surface area contributed by atoms with Crippen LogP contribution in [0.4, 0.5) is 0 Å². The Labute approximate surface area is 142 Å². The summed E-state index contributed by atoms with van der Waals surface area (Å²) in [7, 11) is 0. The number of ether oxygens (including phenoxy) is 1. The topological polar surface area (TPSA) is 44.8 Å². The number of morpholine rings is 1. The number of nitrogens with one attached hydrogen (secondary N) is 1. The summed E-state index contributed by atoms with van der Waals surface area (Å²) in [6, 6.07) is 2.19. The van der Waals surface area contributed by atoms with E-state index in [4.69, 9.17) is 4.74 Å². The summed E-state index contributed by atoms with van der Waals surface area (Å²) in [5, 5.41) is 5.22. The second-order valence-corrected chi connectivity index (χ2v) is 7.70. The van der Waals surface area contributed by atoms with Gasteiger partial charge in [0.15, 0.2) is 0 Å². The summed E-state index contributed by atoms with van der Waals surface area (Å²) in [6.45, 7) is 10.1. The first-order valence-electron chi connectivity index (χ1n) is 8.52. The number of thiophene rings is 1. The number of fused-ring (bicyclic) bond motifs is 1. The van der Waals surface area contributed by atoms with Crippen LogP contribution in [-0.4, -0.2) is 67.2 Å². The van der Waals surface area contributed by atoms with Crippen molar-refractivity contribution in [2.75, 3.05) is 39.3 Å². The van der Waals surface area contributed by atoms with Gasteiger partial charge in [0, 0.05) is 44.1 Å². The third-order valence-corrected chi connectivity index (χ3v) is 5.52. The van der Waals surface area contributed by atoms with Crippen molar-refractivity contribution in [3.63, 3.8) is 0 Å². The predicted molar refractivity (Wildman–Crippen MR) is 92.8 cm³/mol. The minimum atomic E-state index is 0.137. The Kier molecular flexibility index (Phi) is 5.69. The summed E-state index contributed by atoms with van der Waals surface area (Å²) < 4.78 is 5.73. The maximum atomic E-state index is 12.1. The average molecular weight is 337 g/mol. The third-order valence-electron chi connectivity index (χ3n) is 4.50. The summed E-state index contributed by atoms with van der Waals surface area (Å²) in [4.78, 5) is 18.2. The van der Waals surface area contributed by atoms with Crippen LogP contribution in [0.1, 0.15) is 24.3 Å². The van der Waals surface area contributed by atoms with Crippen molar-refractivity contribution in [1.82, 2.24) is 15.1 Å². The number of carbonyl (C=O) groups excluding carboxylic acids is 1. The molecular formula is C17H27N3O2S. The third kappa shape index (κ3) is 4.76. The molecule has 3 heterocycles. The second-order valence-electron chi connectivity index (χ2n) is 6.70. The molecule has 6 heteroatoms. The molecule has 1 amide bonds. The molecule has 0 unspecified atom stereocenters. The van der Waals surface area contributed by atoms with E-state index in [0.717, 1.165) is 45.7 Å². The second kappa shape index (κ2) is 7.75. The molecule has 128 valence electrons. The van der Waals surface area contributed by atoms with Crippen molar-refractivity contribution >= 4 is 17.2 Å². The predicted octanol–water partition coefficient (Wildman–Crippen LogP) is 1.33. The lowest BCUT2D eigenvalue weighted by Gasteiger charge is -2.35. The number of carbonyl (C=O) groups is 1. The Bertz CT molecular complexity index is 524. The summed E-state index contributed by atoms with van der Waals surface area (Å²) in [5.74, 6) is 0.137. The van der Waals surface area contributed by atoms with Crippen molar-refractivity contribution in [2.45, 2.75) is 39.0 Å². The Balaban J connectivity index is 1.35. The first kappa shape index (κ1) is 16.9. The van der Waals surface area contributed by atoms with Gasteiger partial charge in [-0.1, -0.05) is 0 Å². The van der Waals surface area contributed by atoms with E-state index in [0.29, 0.717) is 6.54 Å². The molecule has 0 aromatic carbocycles. The Morgan fingerprint density at radius 2 is 2.13 bits per heavy atom. The van der Waals surface area contributed by atoms with Crippen molar-refractivity contribution in [3.8, 4) is 0 Å². The fourth-order valence-corrected chi connectivity index (χ4v) is 4.41. The fraction of sp³-hybridized carbons (Fsp3) is 0.706. The molecule has 1 saturated heterocycles. The first-order valence-corrected chi connectivity index (χ1v) is 9.40. The minimum absolute atomic E-state index is 0.137. The fourth-order valence-electron chi connectivity index (χ4n) is 3.52. The lowest BCUT2D eigenvalue weighted by molar-refractivity contribution is -0.122. The molecule has 2 aliphatic rings. The summed E-state index contributed by atoms with van der Waals surface area (Å²) in [6.07, 6.45) is 1.63. The van der Waals surface area contributed by atoms with Crippen LogP contribution in [-0.2, 0) is 22.5 Å². The first-order chi connectivity index (χ1) is 11.1.